The van der Waals surface area contributed by atoms with Gasteiger partial charge >= 0.3 is 39.5 Å². The highest BCUT2D eigenvalue weighted by Crippen LogP contribution is 2.45. The number of phosphoric ester groups is 2. The number of unbranched alkanes of at least 4 members (excludes halogenated alkanes) is 35. The Morgan fingerprint density at radius 3 is 0.844 bits per heavy atom. The van der Waals surface area contributed by atoms with E-state index in [2.05, 4.69) is 48.5 Å². The molecule has 7 atom stereocenters. The van der Waals surface area contributed by atoms with Gasteiger partial charge in [-0.3, -0.25) is 37.3 Å². The summed E-state index contributed by atoms with van der Waals surface area (Å²) in [7, 11) is -9.90. The second-order valence-electron chi connectivity index (χ2n) is 26.6. The van der Waals surface area contributed by atoms with Crippen LogP contribution in [0.4, 0.5) is 0 Å². The summed E-state index contributed by atoms with van der Waals surface area (Å²) >= 11 is 0. The Morgan fingerprint density at radius 2 is 0.567 bits per heavy atom. The molecule has 19 heteroatoms. The van der Waals surface area contributed by atoms with Crippen molar-refractivity contribution in [2.24, 2.45) is 17.8 Å². The van der Waals surface area contributed by atoms with E-state index in [4.69, 9.17) is 37.0 Å². The third-order valence-electron chi connectivity index (χ3n) is 17.1. The number of esters is 4. The SMILES string of the molecule is CCCCCCCCCCCCC(=O)OC[C@H](COP(=O)(O)OC[C@H](O)COP(=O)(O)OC[C@@H](COC(=O)CCCCCCCCCCC(C)CC)OC(=O)CCCCCCCCCCCCCCCC(C)C)OC(=O)CCCCCCCCCCC(C)CC. The number of carbonyl (C=O) groups excluding carboxylic acids is 4. The van der Waals surface area contributed by atoms with Crippen molar-refractivity contribution in [1.82, 2.24) is 0 Å². The van der Waals surface area contributed by atoms with Gasteiger partial charge in [0.2, 0.25) is 0 Å². The van der Waals surface area contributed by atoms with Gasteiger partial charge in [-0.15, -0.1) is 0 Å². The molecule has 0 heterocycles. The van der Waals surface area contributed by atoms with Gasteiger partial charge in [-0.1, -0.05) is 305 Å². The maximum Gasteiger partial charge on any atom is 0.472 e. The second-order valence-corrected chi connectivity index (χ2v) is 29.5. The summed E-state index contributed by atoms with van der Waals surface area (Å²) < 4.78 is 68.3. The molecule has 0 aromatic heterocycles. The van der Waals surface area contributed by atoms with E-state index in [1.165, 1.54) is 167 Å². The molecule has 0 aromatic carbocycles. The van der Waals surface area contributed by atoms with Crippen molar-refractivity contribution in [2.75, 3.05) is 39.6 Å². The number of rotatable bonds is 69. The maximum atomic E-state index is 13.0. The van der Waals surface area contributed by atoms with Crippen molar-refractivity contribution in [3.05, 3.63) is 0 Å². The molecule has 0 aromatic rings. The quantitative estimate of drug-likeness (QED) is 0.0222. The van der Waals surface area contributed by atoms with Crippen LogP contribution in [-0.2, 0) is 65.4 Å². The number of hydrogen-bond acceptors (Lipinski definition) is 15. The average Bonchev–Trinajstić information content (AvgIpc) is 3.33. The zero-order chi connectivity index (χ0) is 66.6. The number of aliphatic hydroxyl groups is 1. The lowest BCUT2D eigenvalue weighted by atomic mass is 9.99. The molecule has 0 saturated carbocycles. The van der Waals surface area contributed by atoms with Crippen molar-refractivity contribution >= 4 is 39.5 Å². The molecular formula is C71H138O17P2. The predicted octanol–water partition coefficient (Wildman–Crippen LogP) is 20.2. The number of aliphatic hydroxyl groups excluding tert-OH is 1. The molecule has 0 aliphatic rings. The maximum absolute atomic E-state index is 13.0. The van der Waals surface area contributed by atoms with E-state index in [0.717, 1.165) is 108 Å². The predicted molar refractivity (Wildman–Crippen MR) is 363 cm³/mol. The number of carbonyl (C=O) groups is 4. The number of hydrogen-bond donors (Lipinski definition) is 3. The van der Waals surface area contributed by atoms with Crippen LogP contribution in [0.1, 0.15) is 357 Å². The van der Waals surface area contributed by atoms with Gasteiger partial charge in [0.15, 0.2) is 12.2 Å². The molecule has 0 saturated heterocycles. The molecule has 0 aliphatic heterocycles. The van der Waals surface area contributed by atoms with Gasteiger partial charge in [-0.05, 0) is 43.4 Å². The molecule has 3 N–H and O–H groups in total. The number of phosphoric acid groups is 2. The zero-order valence-corrected chi connectivity index (χ0v) is 60.4. The molecule has 0 aliphatic carbocycles. The molecule has 0 radical (unpaired) electrons. The van der Waals surface area contributed by atoms with E-state index >= 15 is 0 Å². The minimum atomic E-state index is -4.95. The fraction of sp³-hybridized carbons (Fsp3) is 0.944. The van der Waals surface area contributed by atoms with Gasteiger partial charge in [-0.2, -0.15) is 0 Å². The average molecular weight is 1330 g/mol. The summed E-state index contributed by atoms with van der Waals surface area (Å²) in [5.74, 6) is 0.208. The Labute approximate surface area is 549 Å². The van der Waals surface area contributed by atoms with Crippen LogP contribution >= 0.6 is 15.6 Å². The summed E-state index contributed by atoms with van der Waals surface area (Å²) in [4.78, 5) is 72.6. The minimum Gasteiger partial charge on any atom is -0.462 e. The van der Waals surface area contributed by atoms with E-state index in [9.17, 15) is 43.2 Å². The first-order chi connectivity index (χ1) is 43.3. The molecule has 0 bridgehead atoms. The first-order valence-corrected chi connectivity index (χ1v) is 39.9. The zero-order valence-electron chi connectivity index (χ0n) is 58.6. The first-order valence-electron chi connectivity index (χ1n) is 36.9. The topological polar surface area (TPSA) is 237 Å². The van der Waals surface area contributed by atoms with E-state index in [-0.39, 0.29) is 25.7 Å². The van der Waals surface area contributed by atoms with E-state index in [0.29, 0.717) is 25.7 Å². The smallest absolute Gasteiger partial charge is 0.462 e. The Kier molecular flexibility index (Phi) is 60.6. The van der Waals surface area contributed by atoms with Crippen LogP contribution in [0, 0.1) is 17.8 Å². The summed E-state index contributed by atoms with van der Waals surface area (Å²) in [6, 6.07) is 0. The van der Waals surface area contributed by atoms with Crippen LogP contribution in [0.5, 0.6) is 0 Å². The molecule has 0 rings (SSSR count). The third kappa shape index (κ3) is 62.2. The van der Waals surface area contributed by atoms with Crippen LogP contribution in [0.2, 0.25) is 0 Å². The highest BCUT2D eigenvalue weighted by atomic mass is 31.2. The van der Waals surface area contributed by atoms with Gasteiger partial charge in [0, 0.05) is 25.7 Å². The lowest BCUT2D eigenvalue weighted by Crippen LogP contribution is -2.30. The molecular weight excluding hydrogens is 1190 g/mol. The molecule has 17 nitrogen and oxygen atoms in total. The largest absolute Gasteiger partial charge is 0.472 e. The monoisotopic (exact) mass is 1320 g/mol. The Hall–Kier alpha value is -1.94. The van der Waals surface area contributed by atoms with Crippen molar-refractivity contribution in [1.29, 1.82) is 0 Å². The van der Waals surface area contributed by atoms with Crippen LogP contribution in [0.25, 0.3) is 0 Å². The fourth-order valence-corrected chi connectivity index (χ4v) is 12.2. The minimum absolute atomic E-state index is 0.105. The van der Waals surface area contributed by atoms with Crippen LogP contribution in [0.3, 0.4) is 0 Å². The van der Waals surface area contributed by atoms with Gasteiger partial charge in [0.1, 0.15) is 19.3 Å². The van der Waals surface area contributed by atoms with Gasteiger partial charge in [0.05, 0.1) is 26.4 Å². The van der Waals surface area contributed by atoms with Gasteiger partial charge in [0.25, 0.3) is 0 Å². The van der Waals surface area contributed by atoms with Crippen molar-refractivity contribution in [3.8, 4) is 0 Å². The lowest BCUT2D eigenvalue weighted by molar-refractivity contribution is -0.161. The lowest BCUT2D eigenvalue weighted by Gasteiger charge is -2.21. The van der Waals surface area contributed by atoms with Crippen molar-refractivity contribution < 1.29 is 80.2 Å². The summed E-state index contributed by atoms with van der Waals surface area (Å²) in [5, 5.41) is 10.6. The summed E-state index contributed by atoms with van der Waals surface area (Å²) in [6.07, 6.45) is 45.6. The molecule has 0 amide bonds. The van der Waals surface area contributed by atoms with E-state index in [1.54, 1.807) is 0 Å². The summed E-state index contributed by atoms with van der Waals surface area (Å²) in [5.41, 5.74) is 0. The highest BCUT2D eigenvalue weighted by Gasteiger charge is 2.30. The Morgan fingerprint density at radius 1 is 0.322 bits per heavy atom. The van der Waals surface area contributed by atoms with Crippen molar-refractivity contribution in [3.63, 3.8) is 0 Å². The normalized spacial score (nSPS) is 14.8. The Bertz CT molecular complexity index is 1770. The molecule has 0 spiro atoms. The fourth-order valence-electron chi connectivity index (χ4n) is 10.7. The molecule has 90 heavy (non-hydrogen) atoms. The molecule has 534 valence electrons. The van der Waals surface area contributed by atoms with E-state index in [1.807, 2.05) is 0 Å². The third-order valence-corrected chi connectivity index (χ3v) is 19.0. The standard InChI is InChI=1S/C71H138O17P2/c1-8-11-12-13-14-15-22-31-38-45-52-68(73)81-58-67(88-71(76)55-48-41-34-27-25-30-37-44-51-64(7)10-3)61-86-90(79,80)84-57-65(72)56-83-89(77,78)85-60-66(59-82-69(74)53-46-39-32-26-24-29-36-43-50-63(6)9-2)87-70(75)54-47-40-33-23-20-18-16-17-19-21-28-35-42-49-62(4)5/h62-67,72H,8-61H2,1-7H3,(H,77,78)(H,79,80)/t63?,64?,65-,66-,67-/m1/s1. The first kappa shape index (κ1) is 88.1. The van der Waals surface area contributed by atoms with Gasteiger partial charge < -0.3 is 33.8 Å². The Balaban J connectivity index is 5.26. The van der Waals surface area contributed by atoms with Crippen LogP contribution in [0.15, 0.2) is 0 Å². The summed E-state index contributed by atoms with van der Waals surface area (Å²) in [6.45, 7) is 11.9. The molecule has 4 unspecified atom stereocenters. The van der Waals surface area contributed by atoms with Crippen LogP contribution in [-0.4, -0.2) is 96.7 Å². The number of ether oxygens (including phenoxy) is 4. The van der Waals surface area contributed by atoms with Crippen molar-refractivity contribution in [2.45, 2.75) is 375 Å². The highest BCUT2D eigenvalue weighted by molar-refractivity contribution is 7.47. The van der Waals surface area contributed by atoms with Crippen LogP contribution < -0.4 is 0 Å². The second kappa shape index (κ2) is 61.9. The van der Waals surface area contributed by atoms with E-state index < -0.39 is 97.5 Å². The molecule has 0 fully saturated rings. The van der Waals surface area contributed by atoms with Gasteiger partial charge in [-0.25, -0.2) is 9.13 Å².